The van der Waals surface area contributed by atoms with Crippen LogP contribution in [0, 0.1) is 11.3 Å². The lowest BCUT2D eigenvalue weighted by Crippen LogP contribution is -2.49. The fraction of sp³-hybridized carbons (Fsp3) is 0.867. The number of likely N-dealkylation sites (tertiary alicyclic amines) is 1. The predicted octanol–water partition coefficient (Wildman–Crippen LogP) is 0.703. The van der Waals surface area contributed by atoms with E-state index in [0.29, 0.717) is 25.3 Å². The van der Waals surface area contributed by atoms with Gasteiger partial charge in [0.2, 0.25) is 11.8 Å². The van der Waals surface area contributed by atoms with Gasteiger partial charge >= 0.3 is 0 Å². The molecule has 1 saturated carbocycles. The van der Waals surface area contributed by atoms with Crippen LogP contribution >= 0.6 is 0 Å². The highest BCUT2D eigenvalue weighted by Crippen LogP contribution is 2.48. The summed E-state index contributed by atoms with van der Waals surface area (Å²) in [5.41, 5.74) is -0.733. The van der Waals surface area contributed by atoms with Gasteiger partial charge in [0.1, 0.15) is 5.41 Å². The van der Waals surface area contributed by atoms with Crippen LogP contribution in [0.3, 0.4) is 0 Å². The number of nitrogens with one attached hydrogen (secondary N) is 1. The van der Waals surface area contributed by atoms with Crippen LogP contribution in [0.2, 0.25) is 0 Å². The molecule has 0 aromatic rings. The monoisotopic (exact) mass is 281 g/mol. The molecule has 5 nitrogen and oxygen atoms in total. The van der Waals surface area contributed by atoms with Crippen LogP contribution in [-0.2, 0) is 9.59 Å². The van der Waals surface area contributed by atoms with Gasteiger partial charge < -0.3 is 15.1 Å². The summed E-state index contributed by atoms with van der Waals surface area (Å²) < 4.78 is 0. The van der Waals surface area contributed by atoms with Crippen molar-refractivity contribution in [3.63, 3.8) is 0 Å². The Labute approximate surface area is 121 Å². The minimum Gasteiger partial charge on any atom is -0.354 e. The van der Waals surface area contributed by atoms with Crippen molar-refractivity contribution in [3.8, 4) is 0 Å². The minimum absolute atomic E-state index is 0.0615. The van der Waals surface area contributed by atoms with E-state index in [9.17, 15) is 9.59 Å². The molecule has 0 radical (unpaired) electrons. The van der Waals surface area contributed by atoms with Gasteiger partial charge in [-0.1, -0.05) is 6.92 Å². The third-order valence-corrected chi connectivity index (χ3v) is 4.38. The summed E-state index contributed by atoms with van der Waals surface area (Å²) >= 11 is 0. The van der Waals surface area contributed by atoms with Crippen LogP contribution in [0.25, 0.3) is 0 Å². The Morgan fingerprint density at radius 2 is 2.05 bits per heavy atom. The van der Waals surface area contributed by atoms with Crippen molar-refractivity contribution in [3.05, 3.63) is 0 Å². The molecule has 2 rings (SSSR count). The molecule has 0 spiro atoms. The number of piperidine rings is 1. The Bertz CT molecular complexity index is 377. The second-order valence-corrected chi connectivity index (χ2v) is 6.64. The van der Waals surface area contributed by atoms with E-state index in [1.54, 1.807) is 0 Å². The molecule has 5 heteroatoms. The fourth-order valence-corrected chi connectivity index (χ4v) is 2.90. The van der Waals surface area contributed by atoms with E-state index >= 15 is 0 Å². The summed E-state index contributed by atoms with van der Waals surface area (Å²) in [6, 6.07) is 0. The van der Waals surface area contributed by atoms with Gasteiger partial charge in [0.25, 0.3) is 0 Å². The summed E-state index contributed by atoms with van der Waals surface area (Å²) in [4.78, 5) is 28.8. The Hall–Kier alpha value is -1.10. The highest BCUT2D eigenvalue weighted by molar-refractivity contribution is 6.07. The van der Waals surface area contributed by atoms with Crippen molar-refractivity contribution in [1.82, 2.24) is 15.1 Å². The molecule has 2 aliphatic rings. The summed E-state index contributed by atoms with van der Waals surface area (Å²) in [6.45, 7) is 5.21. The second kappa shape index (κ2) is 6.12. The molecule has 2 amide bonds. The summed E-state index contributed by atoms with van der Waals surface area (Å²) in [7, 11) is 3.94. The first-order chi connectivity index (χ1) is 9.45. The smallest absolute Gasteiger partial charge is 0.238 e. The van der Waals surface area contributed by atoms with Crippen LogP contribution < -0.4 is 5.32 Å². The fourth-order valence-electron chi connectivity index (χ4n) is 2.90. The maximum absolute atomic E-state index is 12.6. The first-order valence-corrected chi connectivity index (χ1v) is 7.68. The highest BCUT2D eigenvalue weighted by Gasteiger charge is 2.58. The largest absolute Gasteiger partial charge is 0.354 e. The van der Waals surface area contributed by atoms with E-state index in [1.807, 2.05) is 23.9 Å². The zero-order valence-corrected chi connectivity index (χ0v) is 12.9. The number of amides is 2. The summed E-state index contributed by atoms with van der Waals surface area (Å²) in [5, 5.41) is 2.92. The Balaban J connectivity index is 1.89. The third kappa shape index (κ3) is 3.32. The Morgan fingerprint density at radius 1 is 1.35 bits per heavy atom. The second-order valence-electron chi connectivity index (χ2n) is 6.64. The van der Waals surface area contributed by atoms with Gasteiger partial charge in [-0.05, 0) is 45.7 Å². The number of nitrogens with zero attached hydrogens (tertiary/aromatic N) is 2. The van der Waals surface area contributed by atoms with Gasteiger partial charge in [0, 0.05) is 26.2 Å². The topological polar surface area (TPSA) is 52.7 Å². The quantitative estimate of drug-likeness (QED) is 0.755. The molecule has 2 fully saturated rings. The minimum atomic E-state index is -0.733. The van der Waals surface area contributed by atoms with Gasteiger partial charge in [-0.3, -0.25) is 9.59 Å². The first-order valence-electron chi connectivity index (χ1n) is 7.68. The number of carbonyl (C=O) groups is 2. The van der Waals surface area contributed by atoms with E-state index in [1.165, 1.54) is 6.42 Å². The van der Waals surface area contributed by atoms with E-state index < -0.39 is 5.41 Å². The molecule has 1 aliphatic heterocycles. The lowest BCUT2D eigenvalue weighted by atomic mass is 9.97. The van der Waals surface area contributed by atoms with Crippen molar-refractivity contribution >= 4 is 11.8 Å². The van der Waals surface area contributed by atoms with Crippen molar-refractivity contribution in [1.29, 1.82) is 0 Å². The third-order valence-electron chi connectivity index (χ3n) is 4.38. The molecule has 1 heterocycles. The molecule has 114 valence electrons. The SMILES string of the molecule is CC1CCCN(C(=O)C2(C(=O)NCCN(C)C)CC2)C1. The van der Waals surface area contributed by atoms with Gasteiger partial charge in [-0.25, -0.2) is 0 Å². The molecule has 20 heavy (non-hydrogen) atoms. The molecule has 1 saturated heterocycles. The lowest BCUT2D eigenvalue weighted by Gasteiger charge is -2.33. The van der Waals surface area contributed by atoms with Crippen molar-refractivity contribution < 1.29 is 9.59 Å². The Morgan fingerprint density at radius 3 is 2.60 bits per heavy atom. The molecule has 0 aromatic carbocycles. The van der Waals surface area contributed by atoms with Crippen LogP contribution in [0.1, 0.15) is 32.6 Å². The lowest BCUT2D eigenvalue weighted by molar-refractivity contribution is -0.145. The normalized spacial score (nSPS) is 24.6. The zero-order chi connectivity index (χ0) is 14.8. The van der Waals surface area contributed by atoms with Gasteiger partial charge in [0.15, 0.2) is 0 Å². The average Bonchev–Trinajstić information content (AvgIpc) is 3.19. The molecule has 1 atom stereocenters. The van der Waals surface area contributed by atoms with Crippen molar-refractivity contribution in [2.75, 3.05) is 40.3 Å². The van der Waals surface area contributed by atoms with Gasteiger partial charge in [-0.15, -0.1) is 0 Å². The van der Waals surface area contributed by atoms with E-state index in [-0.39, 0.29) is 11.8 Å². The molecule has 0 bridgehead atoms. The van der Waals surface area contributed by atoms with E-state index in [4.69, 9.17) is 0 Å². The molecular weight excluding hydrogens is 254 g/mol. The van der Waals surface area contributed by atoms with E-state index in [2.05, 4.69) is 12.2 Å². The standard InChI is InChI=1S/C15H27N3O2/c1-12-5-4-9-18(11-12)14(20)15(6-7-15)13(19)16-8-10-17(2)3/h12H,4-11H2,1-3H3,(H,16,19). The molecular formula is C15H27N3O2. The van der Waals surface area contributed by atoms with Crippen LogP contribution in [-0.4, -0.2) is 61.9 Å². The maximum Gasteiger partial charge on any atom is 0.238 e. The Kier molecular flexibility index (Phi) is 4.68. The maximum atomic E-state index is 12.6. The van der Waals surface area contributed by atoms with Gasteiger partial charge in [-0.2, -0.15) is 0 Å². The van der Waals surface area contributed by atoms with Crippen molar-refractivity contribution in [2.45, 2.75) is 32.6 Å². The van der Waals surface area contributed by atoms with Crippen LogP contribution in [0.4, 0.5) is 0 Å². The number of likely N-dealkylation sites (N-methyl/N-ethyl adjacent to an activating group) is 1. The first kappa shape index (κ1) is 15.3. The summed E-state index contributed by atoms with van der Waals surface area (Å²) in [6.07, 6.45) is 3.67. The molecule has 0 aromatic heterocycles. The average molecular weight is 281 g/mol. The number of carbonyl (C=O) groups excluding carboxylic acids is 2. The molecule has 1 aliphatic carbocycles. The zero-order valence-electron chi connectivity index (χ0n) is 12.9. The van der Waals surface area contributed by atoms with Gasteiger partial charge in [0.05, 0.1) is 0 Å². The highest BCUT2D eigenvalue weighted by atomic mass is 16.2. The number of hydrogen-bond acceptors (Lipinski definition) is 3. The van der Waals surface area contributed by atoms with Crippen LogP contribution in [0.15, 0.2) is 0 Å². The number of rotatable bonds is 5. The van der Waals surface area contributed by atoms with Crippen LogP contribution in [0.5, 0.6) is 0 Å². The summed E-state index contributed by atoms with van der Waals surface area (Å²) in [5.74, 6) is 0.550. The number of hydrogen-bond donors (Lipinski definition) is 1. The predicted molar refractivity (Wildman–Crippen MR) is 78.2 cm³/mol. The molecule has 1 unspecified atom stereocenters. The van der Waals surface area contributed by atoms with E-state index in [0.717, 1.165) is 26.1 Å². The van der Waals surface area contributed by atoms with Crippen molar-refractivity contribution in [2.24, 2.45) is 11.3 Å². The molecule has 1 N–H and O–H groups in total.